The van der Waals surface area contributed by atoms with Crippen LogP contribution in [0.5, 0.6) is 5.75 Å². The first-order valence-electron chi connectivity index (χ1n) is 22.2. The number of para-hydroxylation sites is 2. The number of rotatable bonds is 10. The third-order valence-corrected chi connectivity index (χ3v) is 12.8. The van der Waals surface area contributed by atoms with Gasteiger partial charge in [0.05, 0.1) is 0 Å². The van der Waals surface area contributed by atoms with Gasteiger partial charge in [0.2, 0.25) is 0 Å². The molecule has 0 N–H and O–H groups in total. The lowest BCUT2D eigenvalue weighted by Gasteiger charge is -2.35. The summed E-state index contributed by atoms with van der Waals surface area (Å²) in [5, 5.41) is 0. The highest BCUT2D eigenvalue weighted by atomic mass is 16.5. The van der Waals surface area contributed by atoms with Gasteiger partial charge in [-0.3, -0.25) is 0 Å². The molecule has 1 aliphatic heterocycles. The topological polar surface area (TPSA) is 15.7 Å². The Morgan fingerprint density at radius 2 is 0.952 bits per heavy atom. The molecule has 3 aliphatic rings. The minimum absolute atomic E-state index is 0.0158. The summed E-state index contributed by atoms with van der Waals surface area (Å²) in [5.41, 5.74) is 16.7. The fraction of sp³-hybridized carbons (Fsp3) is 0.100. The molecule has 3 heteroatoms. The lowest BCUT2D eigenvalue weighted by Crippen LogP contribution is -2.31. The second-order valence-electron chi connectivity index (χ2n) is 16.7. The minimum atomic E-state index is 0.0158. The van der Waals surface area contributed by atoms with Gasteiger partial charge in [-0.05, 0) is 143 Å². The molecule has 0 aromatic heterocycles. The van der Waals surface area contributed by atoms with Gasteiger partial charge in [0, 0.05) is 46.0 Å². The molecule has 63 heavy (non-hydrogen) atoms. The predicted octanol–water partition coefficient (Wildman–Crippen LogP) is 15.9. The first-order chi connectivity index (χ1) is 31.2. The molecular weight excluding hydrogens is 765 g/mol. The second-order valence-corrected chi connectivity index (χ2v) is 16.7. The van der Waals surface area contributed by atoms with E-state index in [9.17, 15) is 0 Å². The maximum absolute atomic E-state index is 6.43. The third-order valence-electron chi connectivity index (χ3n) is 12.8. The smallest absolute Gasteiger partial charge is 0.128 e. The van der Waals surface area contributed by atoms with Crippen LogP contribution in [0.25, 0.3) is 39.0 Å². The Morgan fingerprint density at radius 3 is 1.60 bits per heavy atom. The minimum Gasteiger partial charge on any atom is -0.485 e. The van der Waals surface area contributed by atoms with E-state index >= 15 is 0 Å². The van der Waals surface area contributed by atoms with E-state index in [-0.39, 0.29) is 12.0 Å². The van der Waals surface area contributed by atoms with E-state index in [2.05, 4.69) is 246 Å². The lowest BCUT2D eigenvalue weighted by atomic mass is 9.86. The molecule has 3 atom stereocenters. The van der Waals surface area contributed by atoms with Gasteiger partial charge in [-0.15, -0.1) is 0 Å². The zero-order valence-electron chi connectivity index (χ0n) is 35.2. The number of nitrogens with zero attached hydrogens (tertiary/aromatic N) is 2. The van der Waals surface area contributed by atoms with Crippen molar-refractivity contribution in [3.63, 3.8) is 0 Å². The SMILES string of the molecule is C1=CCC(N(c2ccccc2)c2ccc(-c3ccc(-c4ccc(N(c5ccccc5)c5cccc(-c6ccc7c(c6)C6C=C(c8ccccc8)C=CC6O7)c5)cc4)cc3)cc2)CC1. The number of anilines is 5. The second kappa shape index (κ2) is 17.0. The molecule has 0 saturated heterocycles. The number of ether oxygens (including phenoxy) is 1. The molecule has 1 heterocycles. The monoisotopic (exact) mass is 812 g/mol. The van der Waals surface area contributed by atoms with Crippen molar-refractivity contribution in [3.05, 3.63) is 248 Å². The van der Waals surface area contributed by atoms with Crippen LogP contribution >= 0.6 is 0 Å². The molecule has 0 bridgehead atoms. The summed E-state index contributed by atoms with van der Waals surface area (Å²) in [7, 11) is 0. The van der Waals surface area contributed by atoms with Crippen LogP contribution in [-0.4, -0.2) is 12.1 Å². The summed E-state index contributed by atoms with van der Waals surface area (Å²) in [6, 6.07) is 75.1. The highest BCUT2D eigenvalue weighted by molar-refractivity contribution is 5.83. The van der Waals surface area contributed by atoms with Gasteiger partial charge >= 0.3 is 0 Å². The molecule has 304 valence electrons. The van der Waals surface area contributed by atoms with E-state index in [4.69, 9.17) is 4.74 Å². The number of hydrogen-bond acceptors (Lipinski definition) is 3. The maximum Gasteiger partial charge on any atom is 0.128 e. The number of allylic oxidation sites excluding steroid dienone is 3. The summed E-state index contributed by atoms with van der Waals surface area (Å²) in [6.45, 7) is 0. The van der Waals surface area contributed by atoms with Gasteiger partial charge in [0.25, 0.3) is 0 Å². The van der Waals surface area contributed by atoms with Crippen LogP contribution in [0.15, 0.2) is 237 Å². The first kappa shape index (κ1) is 38.3. The van der Waals surface area contributed by atoms with E-state index < -0.39 is 0 Å². The molecule has 0 saturated carbocycles. The fourth-order valence-corrected chi connectivity index (χ4v) is 9.60. The summed E-state index contributed by atoms with van der Waals surface area (Å²) < 4.78 is 6.43. The van der Waals surface area contributed by atoms with Crippen molar-refractivity contribution in [1.82, 2.24) is 0 Å². The summed E-state index contributed by atoms with van der Waals surface area (Å²) in [6.07, 6.45) is 14.8. The van der Waals surface area contributed by atoms with Crippen molar-refractivity contribution in [2.75, 3.05) is 9.80 Å². The number of benzene rings is 8. The van der Waals surface area contributed by atoms with Crippen LogP contribution in [0, 0.1) is 0 Å². The standard InChI is InChI=1S/C60H48N2O/c1-5-14-43(15-6-1)49-32-38-59-57(41-49)58-42-50(33-39-60(58)63-59)48-16-13-23-56(40-48)62(53-21-11-4-12-22-53)55-36-30-47(31-37-55)45-26-24-44(25-27-45)46-28-34-54(35-29-46)61(51-17-7-2-8-18-51)52-19-9-3-10-20-52/h1-9,11-18,21-42,52,57,59H,10,19-20H2. The van der Waals surface area contributed by atoms with E-state index in [1.165, 1.54) is 61.5 Å². The molecule has 2 aliphatic carbocycles. The van der Waals surface area contributed by atoms with Gasteiger partial charge in [0.15, 0.2) is 0 Å². The Morgan fingerprint density at radius 1 is 0.429 bits per heavy atom. The quantitative estimate of drug-likeness (QED) is 0.128. The van der Waals surface area contributed by atoms with Crippen LogP contribution < -0.4 is 14.5 Å². The fourth-order valence-electron chi connectivity index (χ4n) is 9.60. The average molecular weight is 813 g/mol. The molecule has 8 aromatic rings. The van der Waals surface area contributed by atoms with Crippen LogP contribution in [0.3, 0.4) is 0 Å². The Kier molecular flexibility index (Phi) is 10.4. The van der Waals surface area contributed by atoms with Gasteiger partial charge in [-0.25, -0.2) is 0 Å². The summed E-state index contributed by atoms with van der Waals surface area (Å²) in [5.74, 6) is 1.14. The van der Waals surface area contributed by atoms with E-state index in [0.717, 1.165) is 42.1 Å². The molecular formula is C60H48N2O. The Bertz CT molecular complexity index is 2930. The molecule has 0 spiro atoms. The first-order valence-corrected chi connectivity index (χ1v) is 22.2. The van der Waals surface area contributed by atoms with E-state index in [0.29, 0.717) is 6.04 Å². The van der Waals surface area contributed by atoms with Crippen LogP contribution in [0.2, 0.25) is 0 Å². The number of hydrogen-bond donors (Lipinski definition) is 0. The molecule has 11 rings (SSSR count). The zero-order valence-corrected chi connectivity index (χ0v) is 35.2. The van der Waals surface area contributed by atoms with Crippen molar-refractivity contribution in [2.24, 2.45) is 0 Å². The Balaban J connectivity index is 0.841. The molecule has 0 radical (unpaired) electrons. The van der Waals surface area contributed by atoms with Crippen molar-refractivity contribution in [1.29, 1.82) is 0 Å². The molecule has 3 nitrogen and oxygen atoms in total. The highest BCUT2D eigenvalue weighted by Gasteiger charge is 2.34. The van der Waals surface area contributed by atoms with Gasteiger partial charge in [-0.1, -0.05) is 158 Å². The molecule has 0 fully saturated rings. The average Bonchev–Trinajstić information content (AvgIpc) is 3.73. The number of fused-ring (bicyclic) bond motifs is 3. The van der Waals surface area contributed by atoms with Crippen LogP contribution in [0.1, 0.15) is 36.3 Å². The van der Waals surface area contributed by atoms with Gasteiger partial charge in [-0.2, -0.15) is 0 Å². The zero-order chi connectivity index (χ0) is 42.0. The third kappa shape index (κ3) is 7.79. The van der Waals surface area contributed by atoms with Crippen LogP contribution in [0.4, 0.5) is 28.4 Å². The Labute approximate surface area is 371 Å². The van der Waals surface area contributed by atoms with Crippen LogP contribution in [-0.2, 0) is 0 Å². The van der Waals surface area contributed by atoms with E-state index in [1.54, 1.807) is 0 Å². The van der Waals surface area contributed by atoms with Crippen molar-refractivity contribution in [3.8, 4) is 39.1 Å². The molecule has 3 unspecified atom stereocenters. The van der Waals surface area contributed by atoms with Crippen molar-refractivity contribution >= 4 is 34.0 Å². The van der Waals surface area contributed by atoms with Crippen molar-refractivity contribution < 1.29 is 4.74 Å². The van der Waals surface area contributed by atoms with Gasteiger partial charge < -0.3 is 14.5 Å². The predicted molar refractivity (Wildman–Crippen MR) is 264 cm³/mol. The largest absolute Gasteiger partial charge is 0.485 e. The summed E-state index contributed by atoms with van der Waals surface area (Å²) in [4.78, 5) is 4.86. The van der Waals surface area contributed by atoms with E-state index in [1.807, 2.05) is 0 Å². The maximum atomic E-state index is 6.43. The summed E-state index contributed by atoms with van der Waals surface area (Å²) >= 11 is 0. The van der Waals surface area contributed by atoms with Gasteiger partial charge in [0.1, 0.15) is 11.9 Å². The lowest BCUT2D eigenvalue weighted by molar-refractivity contribution is 0.269. The highest BCUT2D eigenvalue weighted by Crippen LogP contribution is 2.46. The molecule has 0 amide bonds. The normalized spacial score (nSPS) is 17.3. The Hall–Kier alpha value is -7.62. The van der Waals surface area contributed by atoms with Crippen molar-refractivity contribution in [2.45, 2.75) is 37.3 Å². The molecule has 8 aromatic carbocycles.